The molecule has 0 aromatic heterocycles. The van der Waals surface area contributed by atoms with Gasteiger partial charge in [0.2, 0.25) is 5.91 Å². The zero-order chi connectivity index (χ0) is 18.6. The Morgan fingerprint density at radius 2 is 1.44 bits per heavy atom. The van der Waals surface area contributed by atoms with Crippen molar-refractivity contribution in [3.8, 4) is 0 Å². The van der Waals surface area contributed by atoms with Gasteiger partial charge in [-0.25, -0.2) is 0 Å². The van der Waals surface area contributed by atoms with Gasteiger partial charge in [-0.3, -0.25) is 4.79 Å². The molecule has 0 saturated carbocycles. The van der Waals surface area contributed by atoms with Gasteiger partial charge in [-0.2, -0.15) is 0 Å². The molecule has 0 fully saturated rings. The molecule has 0 unspecified atom stereocenters. The van der Waals surface area contributed by atoms with Crippen LogP contribution < -0.4 is 5.32 Å². The predicted molar refractivity (Wildman–Crippen MR) is 112 cm³/mol. The summed E-state index contributed by atoms with van der Waals surface area (Å²) in [6.45, 7) is 7.45. The van der Waals surface area contributed by atoms with Crippen molar-refractivity contribution in [2.75, 3.05) is 6.54 Å². The maximum atomic E-state index is 11.6. The Hall–Kier alpha value is -1.05. The Kier molecular flexibility index (Phi) is 18.5. The van der Waals surface area contributed by atoms with Gasteiger partial charge in [-0.15, -0.1) is 0 Å². The van der Waals surface area contributed by atoms with E-state index in [4.69, 9.17) is 0 Å². The largest absolute Gasteiger partial charge is 0.356 e. The molecule has 0 aliphatic heterocycles. The molecule has 1 N–H and O–H groups in total. The third kappa shape index (κ3) is 20.9. The van der Waals surface area contributed by atoms with E-state index in [1.165, 1.54) is 57.8 Å². The minimum absolute atomic E-state index is 0.228. The van der Waals surface area contributed by atoms with Crippen LogP contribution in [0.1, 0.15) is 104 Å². The van der Waals surface area contributed by atoms with E-state index in [9.17, 15) is 4.79 Å². The van der Waals surface area contributed by atoms with Crippen LogP contribution >= 0.6 is 0 Å². The first-order chi connectivity index (χ1) is 12.2. The van der Waals surface area contributed by atoms with E-state index in [1.54, 1.807) is 0 Å². The number of amides is 1. The summed E-state index contributed by atoms with van der Waals surface area (Å²) in [5, 5.41) is 3.01. The first-order valence-electron chi connectivity index (χ1n) is 10.7. The lowest BCUT2D eigenvalue weighted by Gasteiger charge is -2.07. The van der Waals surface area contributed by atoms with Crippen molar-refractivity contribution in [2.24, 2.45) is 5.92 Å². The summed E-state index contributed by atoms with van der Waals surface area (Å²) in [6, 6.07) is 0. The van der Waals surface area contributed by atoms with Crippen molar-refractivity contribution in [3.05, 3.63) is 24.3 Å². The highest BCUT2D eigenvalue weighted by molar-refractivity contribution is 5.75. The number of unbranched alkanes of at least 4 members (excludes halogenated alkanes) is 8. The Morgan fingerprint density at radius 3 is 2.08 bits per heavy atom. The van der Waals surface area contributed by atoms with Crippen LogP contribution in [-0.4, -0.2) is 12.5 Å². The smallest absolute Gasteiger partial charge is 0.219 e. The maximum Gasteiger partial charge on any atom is 0.219 e. The normalized spacial score (nSPS) is 11.8. The van der Waals surface area contributed by atoms with E-state index in [-0.39, 0.29) is 5.91 Å². The number of carbonyl (C=O) groups is 1. The van der Waals surface area contributed by atoms with Crippen LogP contribution in [-0.2, 0) is 4.79 Å². The molecule has 0 aromatic rings. The van der Waals surface area contributed by atoms with E-state index in [0.29, 0.717) is 12.3 Å². The number of rotatable bonds is 17. The van der Waals surface area contributed by atoms with Gasteiger partial charge in [0.25, 0.3) is 0 Å². The quantitative estimate of drug-likeness (QED) is 0.223. The third-order valence-electron chi connectivity index (χ3n) is 4.40. The van der Waals surface area contributed by atoms with Gasteiger partial charge >= 0.3 is 0 Å². The fourth-order valence-corrected chi connectivity index (χ4v) is 2.69. The molecule has 0 spiro atoms. The van der Waals surface area contributed by atoms with Crippen LogP contribution in [0.15, 0.2) is 24.3 Å². The number of nitrogens with one attached hydrogen (secondary N) is 1. The summed E-state index contributed by atoms with van der Waals surface area (Å²) in [5.41, 5.74) is 0. The molecule has 25 heavy (non-hydrogen) atoms. The van der Waals surface area contributed by atoms with E-state index in [0.717, 1.165) is 25.8 Å². The summed E-state index contributed by atoms with van der Waals surface area (Å²) in [6.07, 6.45) is 24.5. The first-order valence-corrected chi connectivity index (χ1v) is 10.7. The monoisotopic (exact) mass is 349 g/mol. The van der Waals surface area contributed by atoms with Crippen LogP contribution in [0.3, 0.4) is 0 Å². The van der Waals surface area contributed by atoms with Crippen LogP contribution in [0.4, 0.5) is 0 Å². The van der Waals surface area contributed by atoms with Crippen molar-refractivity contribution >= 4 is 5.91 Å². The second kappa shape index (κ2) is 19.3. The molecule has 0 saturated heterocycles. The van der Waals surface area contributed by atoms with Crippen molar-refractivity contribution in [2.45, 2.75) is 104 Å². The fraction of sp³-hybridized carbons (Fsp3) is 0.783. The van der Waals surface area contributed by atoms with Gasteiger partial charge in [-0.05, 0) is 50.9 Å². The lowest BCUT2D eigenvalue weighted by molar-refractivity contribution is -0.121. The van der Waals surface area contributed by atoms with Gasteiger partial charge in [0.1, 0.15) is 0 Å². The van der Waals surface area contributed by atoms with Crippen molar-refractivity contribution in [1.29, 1.82) is 0 Å². The number of carbonyl (C=O) groups excluding carboxylic acids is 1. The highest BCUT2D eigenvalue weighted by atomic mass is 16.1. The van der Waals surface area contributed by atoms with E-state index >= 15 is 0 Å². The van der Waals surface area contributed by atoms with E-state index in [2.05, 4.69) is 50.4 Å². The number of hydrogen-bond acceptors (Lipinski definition) is 1. The average Bonchev–Trinajstić information content (AvgIpc) is 2.58. The SMILES string of the molecule is CCCCC/C=C\C/C=C\CCCCCCCC(=O)NCCC(C)C. The molecule has 0 atom stereocenters. The number of hydrogen-bond donors (Lipinski definition) is 1. The van der Waals surface area contributed by atoms with Gasteiger partial charge in [0.15, 0.2) is 0 Å². The average molecular weight is 350 g/mol. The molecule has 0 bridgehead atoms. The standard InChI is InChI=1S/C23H43NO/c1-4-5-6-7-8-9-10-11-12-13-14-15-16-17-18-19-23(25)24-21-20-22(2)3/h8-9,11-12,22H,4-7,10,13-21H2,1-3H3,(H,24,25)/b9-8-,12-11-. The first kappa shape index (κ1) is 23.9. The Morgan fingerprint density at radius 1 is 0.840 bits per heavy atom. The molecule has 146 valence electrons. The maximum absolute atomic E-state index is 11.6. The minimum atomic E-state index is 0.228. The van der Waals surface area contributed by atoms with Gasteiger partial charge in [0, 0.05) is 13.0 Å². The molecular weight excluding hydrogens is 306 g/mol. The van der Waals surface area contributed by atoms with Crippen LogP contribution in [0.25, 0.3) is 0 Å². The van der Waals surface area contributed by atoms with Gasteiger partial charge in [-0.1, -0.05) is 77.2 Å². The minimum Gasteiger partial charge on any atom is -0.356 e. The molecule has 1 amide bonds. The van der Waals surface area contributed by atoms with Crippen molar-refractivity contribution < 1.29 is 4.79 Å². The zero-order valence-corrected chi connectivity index (χ0v) is 17.2. The highest BCUT2D eigenvalue weighted by Gasteiger charge is 2.01. The summed E-state index contributed by atoms with van der Waals surface area (Å²) < 4.78 is 0. The van der Waals surface area contributed by atoms with Crippen molar-refractivity contribution in [3.63, 3.8) is 0 Å². The highest BCUT2D eigenvalue weighted by Crippen LogP contribution is 2.08. The molecule has 2 nitrogen and oxygen atoms in total. The summed E-state index contributed by atoms with van der Waals surface area (Å²) in [7, 11) is 0. The second-order valence-corrected chi connectivity index (χ2v) is 7.51. The topological polar surface area (TPSA) is 29.1 Å². The molecule has 0 aliphatic rings. The Labute approximate surface area is 157 Å². The fourth-order valence-electron chi connectivity index (χ4n) is 2.69. The predicted octanol–water partition coefficient (Wildman–Crippen LogP) is 6.96. The molecule has 0 rings (SSSR count). The van der Waals surface area contributed by atoms with Crippen molar-refractivity contribution in [1.82, 2.24) is 5.32 Å². The van der Waals surface area contributed by atoms with Crippen LogP contribution in [0.5, 0.6) is 0 Å². The molecule has 2 heteroatoms. The lowest BCUT2D eigenvalue weighted by Crippen LogP contribution is -2.24. The van der Waals surface area contributed by atoms with Gasteiger partial charge < -0.3 is 5.32 Å². The lowest BCUT2D eigenvalue weighted by atomic mass is 10.1. The summed E-state index contributed by atoms with van der Waals surface area (Å²) >= 11 is 0. The molecule has 0 heterocycles. The summed E-state index contributed by atoms with van der Waals surface area (Å²) in [5.74, 6) is 0.891. The molecule has 0 aliphatic carbocycles. The van der Waals surface area contributed by atoms with E-state index < -0.39 is 0 Å². The Bertz CT molecular complexity index is 344. The summed E-state index contributed by atoms with van der Waals surface area (Å²) in [4.78, 5) is 11.6. The molecular formula is C23H43NO. The van der Waals surface area contributed by atoms with Crippen LogP contribution in [0, 0.1) is 5.92 Å². The molecule has 0 aromatic carbocycles. The number of allylic oxidation sites excluding steroid dienone is 4. The third-order valence-corrected chi connectivity index (χ3v) is 4.40. The van der Waals surface area contributed by atoms with E-state index in [1.807, 2.05) is 0 Å². The Balaban J connectivity index is 3.27. The zero-order valence-electron chi connectivity index (χ0n) is 17.2. The van der Waals surface area contributed by atoms with Crippen LogP contribution in [0.2, 0.25) is 0 Å². The molecule has 0 radical (unpaired) electrons. The second-order valence-electron chi connectivity index (χ2n) is 7.51. The van der Waals surface area contributed by atoms with Gasteiger partial charge in [0.05, 0.1) is 0 Å².